The van der Waals surface area contributed by atoms with Gasteiger partial charge in [-0.3, -0.25) is 4.79 Å². The highest BCUT2D eigenvalue weighted by Crippen LogP contribution is 2.63. The maximum atomic E-state index is 12.2. The lowest BCUT2D eigenvalue weighted by Crippen LogP contribution is -2.49. The molecule has 1 N–H and O–H groups in total. The van der Waals surface area contributed by atoms with Crippen LogP contribution >= 0.6 is 0 Å². The summed E-state index contributed by atoms with van der Waals surface area (Å²) >= 11 is 0. The summed E-state index contributed by atoms with van der Waals surface area (Å²) < 4.78 is 0. The van der Waals surface area contributed by atoms with E-state index < -0.39 is 11.5 Å². The summed E-state index contributed by atoms with van der Waals surface area (Å²) in [5.74, 6) is 0.625. The van der Waals surface area contributed by atoms with Crippen LogP contribution < -0.4 is 0 Å². The van der Waals surface area contributed by atoms with Crippen LogP contribution in [0.2, 0.25) is 0 Å². The van der Waals surface area contributed by atoms with Gasteiger partial charge < -0.3 is 10.0 Å². The van der Waals surface area contributed by atoms with Crippen molar-refractivity contribution in [3.05, 3.63) is 0 Å². The molecule has 2 aliphatic carbocycles. The lowest BCUT2D eigenvalue weighted by molar-refractivity contribution is -0.149. The Hall–Kier alpha value is -0.570. The van der Waals surface area contributed by atoms with Crippen molar-refractivity contribution in [3.8, 4) is 0 Å². The summed E-state index contributed by atoms with van der Waals surface area (Å²) in [6.45, 7) is 4.18. The van der Waals surface area contributed by atoms with Crippen LogP contribution in [0, 0.1) is 16.7 Å². The monoisotopic (exact) mass is 211 g/mol. The molecule has 0 heterocycles. The molecule has 0 aliphatic heterocycles. The fraction of sp³-hybridized carbons (Fsp3) is 0.917. The Balaban J connectivity index is 2.35. The quantitative estimate of drug-likeness (QED) is 0.709. The van der Waals surface area contributed by atoms with Crippen LogP contribution in [0.4, 0.5) is 0 Å². The lowest BCUT2D eigenvalue weighted by atomic mass is 9.69. The third-order valence-corrected chi connectivity index (χ3v) is 4.66. The van der Waals surface area contributed by atoms with Crippen molar-refractivity contribution in [1.29, 1.82) is 0 Å². The van der Waals surface area contributed by atoms with Crippen molar-refractivity contribution in [2.24, 2.45) is 16.7 Å². The van der Waals surface area contributed by atoms with Crippen LogP contribution in [-0.2, 0) is 4.79 Å². The second-order valence-corrected chi connectivity index (χ2v) is 6.02. The van der Waals surface area contributed by atoms with Gasteiger partial charge in [0.25, 0.3) is 0 Å². The second-order valence-electron chi connectivity index (χ2n) is 6.02. The number of rotatable bonds is 1. The van der Waals surface area contributed by atoms with Gasteiger partial charge in [0.05, 0.1) is 11.5 Å². The third-order valence-electron chi connectivity index (χ3n) is 4.66. The Morgan fingerprint density at radius 1 is 1.40 bits per heavy atom. The second kappa shape index (κ2) is 2.97. The molecule has 0 aromatic carbocycles. The predicted octanol–water partition coefficient (Wildman–Crippen LogP) is 1.26. The molecule has 15 heavy (non-hydrogen) atoms. The zero-order chi connectivity index (χ0) is 11.4. The smallest absolute Gasteiger partial charge is 0.230 e. The first-order valence-electron chi connectivity index (χ1n) is 5.72. The summed E-state index contributed by atoms with van der Waals surface area (Å²) in [6.07, 6.45) is 2.35. The van der Waals surface area contributed by atoms with Crippen molar-refractivity contribution in [2.45, 2.75) is 39.2 Å². The fourth-order valence-electron chi connectivity index (χ4n) is 3.65. The molecule has 3 heteroatoms. The van der Waals surface area contributed by atoms with E-state index in [-0.39, 0.29) is 11.3 Å². The number of hydrogen-bond donors (Lipinski definition) is 1. The zero-order valence-electron chi connectivity index (χ0n) is 10.1. The molecular formula is C12H21NO2. The molecule has 0 radical (unpaired) electrons. The Morgan fingerprint density at radius 3 is 2.40 bits per heavy atom. The van der Waals surface area contributed by atoms with Gasteiger partial charge in [-0.25, -0.2) is 0 Å². The minimum atomic E-state index is -0.475. The number of amides is 1. The number of nitrogens with zero attached hydrogens (tertiary/aromatic N) is 1. The van der Waals surface area contributed by atoms with E-state index in [0.29, 0.717) is 5.92 Å². The molecule has 0 saturated heterocycles. The van der Waals surface area contributed by atoms with Crippen molar-refractivity contribution in [1.82, 2.24) is 4.90 Å². The van der Waals surface area contributed by atoms with E-state index in [1.165, 1.54) is 0 Å². The van der Waals surface area contributed by atoms with Gasteiger partial charge >= 0.3 is 0 Å². The lowest BCUT2D eigenvalue weighted by Gasteiger charge is -2.40. The van der Waals surface area contributed by atoms with Crippen LogP contribution in [0.15, 0.2) is 0 Å². The van der Waals surface area contributed by atoms with Crippen LogP contribution in [0.3, 0.4) is 0 Å². The molecule has 0 spiro atoms. The van der Waals surface area contributed by atoms with E-state index in [1.54, 1.807) is 19.0 Å². The molecule has 0 unspecified atom stereocenters. The summed E-state index contributed by atoms with van der Waals surface area (Å²) in [7, 11) is 3.56. The van der Waals surface area contributed by atoms with Crippen LogP contribution in [0.25, 0.3) is 0 Å². The van der Waals surface area contributed by atoms with Gasteiger partial charge in [0, 0.05) is 14.1 Å². The molecule has 86 valence electrons. The molecule has 0 aromatic rings. The maximum absolute atomic E-state index is 12.2. The highest BCUT2D eigenvalue weighted by Gasteiger charge is 2.64. The molecule has 2 saturated carbocycles. The molecule has 3 nitrogen and oxygen atoms in total. The average molecular weight is 211 g/mol. The Kier molecular flexibility index (Phi) is 2.16. The zero-order valence-corrected chi connectivity index (χ0v) is 10.1. The van der Waals surface area contributed by atoms with Crippen LogP contribution in [0.1, 0.15) is 33.1 Å². The Morgan fingerprint density at radius 2 is 2.00 bits per heavy atom. The minimum Gasteiger partial charge on any atom is -0.391 e. The van der Waals surface area contributed by atoms with Gasteiger partial charge in [-0.15, -0.1) is 0 Å². The molecule has 2 aliphatic rings. The number of fused-ring (bicyclic) bond motifs is 2. The minimum absolute atomic E-state index is 0.0933. The first-order valence-corrected chi connectivity index (χ1v) is 5.72. The highest BCUT2D eigenvalue weighted by atomic mass is 16.3. The van der Waals surface area contributed by atoms with Gasteiger partial charge in [-0.05, 0) is 30.6 Å². The third kappa shape index (κ3) is 1.19. The Bertz CT molecular complexity index is 298. The molecule has 1 amide bonds. The average Bonchev–Trinajstić information content (AvgIpc) is 2.66. The van der Waals surface area contributed by atoms with E-state index in [4.69, 9.17) is 0 Å². The number of carbonyl (C=O) groups excluding carboxylic acids is 1. The predicted molar refractivity (Wildman–Crippen MR) is 58.3 cm³/mol. The van der Waals surface area contributed by atoms with Crippen molar-refractivity contribution >= 4 is 5.91 Å². The molecule has 2 bridgehead atoms. The summed E-state index contributed by atoms with van der Waals surface area (Å²) in [5, 5.41) is 10.4. The Labute approximate surface area is 91.5 Å². The van der Waals surface area contributed by atoms with E-state index in [0.717, 1.165) is 19.3 Å². The molecular weight excluding hydrogens is 190 g/mol. The molecule has 0 aromatic heterocycles. The molecule has 2 fully saturated rings. The normalized spacial score (nSPS) is 41.9. The number of carbonyl (C=O) groups is 1. The number of aliphatic hydroxyl groups is 1. The van der Waals surface area contributed by atoms with E-state index in [1.807, 2.05) is 0 Å². The van der Waals surface area contributed by atoms with Gasteiger partial charge in [-0.2, -0.15) is 0 Å². The summed E-state index contributed by atoms with van der Waals surface area (Å²) in [6, 6.07) is 0. The van der Waals surface area contributed by atoms with E-state index in [2.05, 4.69) is 13.8 Å². The first kappa shape index (κ1) is 10.9. The maximum Gasteiger partial charge on any atom is 0.230 e. The number of hydrogen-bond acceptors (Lipinski definition) is 2. The van der Waals surface area contributed by atoms with Gasteiger partial charge in [0.2, 0.25) is 5.91 Å². The molecule has 2 rings (SSSR count). The van der Waals surface area contributed by atoms with Crippen molar-refractivity contribution < 1.29 is 9.90 Å². The first-order chi connectivity index (χ1) is 6.82. The standard InChI is InChI=1S/C12H21NO2/c1-11(2)8-5-6-12(7-8,9(11)14)10(15)13(3)4/h8-9,14H,5-7H2,1-4H3/t8-,9-,12-/m0/s1. The van der Waals surface area contributed by atoms with E-state index in [9.17, 15) is 9.90 Å². The largest absolute Gasteiger partial charge is 0.391 e. The van der Waals surface area contributed by atoms with Crippen molar-refractivity contribution in [2.75, 3.05) is 14.1 Å². The molecule has 3 atom stereocenters. The van der Waals surface area contributed by atoms with Gasteiger partial charge in [0.15, 0.2) is 0 Å². The van der Waals surface area contributed by atoms with Gasteiger partial charge in [-0.1, -0.05) is 13.8 Å². The highest BCUT2D eigenvalue weighted by molar-refractivity contribution is 5.84. The summed E-state index contributed by atoms with van der Waals surface area (Å²) in [5.41, 5.74) is -0.568. The SMILES string of the molecule is CN(C)C(=O)[C@@]12CC[C@@H](C1)C(C)(C)[C@@H]2O. The topological polar surface area (TPSA) is 40.5 Å². The van der Waals surface area contributed by atoms with E-state index >= 15 is 0 Å². The fourth-order valence-corrected chi connectivity index (χ4v) is 3.65. The van der Waals surface area contributed by atoms with Crippen LogP contribution in [-0.4, -0.2) is 36.1 Å². The summed E-state index contributed by atoms with van der Waals surface area (Å²) in [4.78, 5) is 13.8. The van der Waals surface area contributed by atoms with Crippen molar-refractivity contribution in [3.63, 3.8) is 0 Å². The number of aliphatic hydroxyl groups excluding tert-OH is 1. The van der Waals surface area contributed by atoms with Crippen LogP contribution in [0.5, 0.6) is 0 Å². The van der Waals surface area contributed by atoms with Gasteiger partial charge in [0.1, 0.15) is 0 Å².